The fourth-order valence-corrected chi connectivity index (χ4v) is 4.16. The highest BCUT2D eigenvalue weighted by molar-refractivity contribution is 7.89. The van der Waals surface area contributed by atoms with Crippen molar-refractivity contribution in [2.75, 3.05) is 31.1 Å². The van der Waals surface area contributed by atoms with Crippen molar-refractivity contribution in [3.8, 4) is 0 Å². The quantitative estimate of drug-likeness (QED) is 0.866. The van der Waals surface area contributed by atoms with Gasteiger partial charge in [-0.15, -0.1) is 0 Å². The largest absolute Gasteiger partial charge is 0.367 e. The molecule has 23 heavy (non-hydrogen) atoms. The number of anilines is 1. The molecule has 0 aromatic heterocycles. The SMILES string of the molecule is Cc1ccc(S(=O)(=O)N2CCN(c3ccccc3F)CC2)cc1. The third-order valence-corrected chi connectivity index (χ3v) is 6.00. The molecule has 0 saturated carbocycles. The zero-order valence-corrected chi connectivity index (χ0v) is 13.8. The van der Waals surface area contributed by atoms with E-state index in [0.29, 0.717) is 36.8 Å². The number of rotatable bonds is 3. The van der Waals surface area contributed by atoms with Crippen molar-refractivity contribution in [2.45, 2.75) is 11.8 Å². The Morgan fingerprint density at radius 2 is 1.52 bits per heavy atom. The molecule has 1 fully saturated rings. The van der Waals surface area contributed by atoms with Crippen LogP contribution < -0.4 is 4.90 Å². The maximum Gasteiger partial charge on any atom is 0.243 e. The van der Waals surface area contributed by atoms with E-state index in [1.807, 2.05) is 11.8 Å². The predicted molar refractivity (Wildman–Crippen MR) is 88.6 cm³/mol. The molecule has 0 unspecified atom stereocenters. The molecule has 1 aliphatic rings. The van der Waals surface area contributed by atoms with Crippen LogP contribution >= 0.6 is 0 Å². The van der Waals surface area contributed by atoms with E-state index in [9.17, 15) is 12.8 Å². The van der Waals surface area contributed by atoms with Crippen molar-refractivity contribution < 1.29 is 12.8 Å². The minimum absolute atomic E-state index is 0.276. The third-order valence-electron chi connectivity index (χ3n) is 4.09. The Morgan fingerprint density at radius 3 is 2.13 bits per heavy atom. The van der Waals surface area contributed by atoms with E-state index in [1.165, 1.54) is 10.4 Å². The molecule has 0 N–H and O–H groups in total. The molecule has 0 spiro atoms. The molecule has 4 nitrogen and oxygen atoms in total. The lowest BCUT2D eigenvalue weighted by atomic mass is 10.2. The van der Waals surface area contributed by atoms with Crippen LogP contribution in [0.4, 0.5) is 10.1 Å². The molecular formula is C17H19FN2O2S. The van der Waals surface area contributed by atoms with Gasteiger partial charge >= 0.3 is 0 Å². The summed E-state index contributed by atoms with van der Waals surface area (Å²) in [5.41, 5.74) is 1.55. The normalized spacial score (nSPS) is 16.5. The fourth-order valence-electron chi connectivity index (χ4n) is 2.74. The van der Waals surface area contributed by atoms with E-state index >= 15 is 0 Å². The number of benzene rings is 2. The van der Waals surface area contributed by atoms with Gasteiger partial charge in [-0.25, -0.2) is 12.8 Å². The Morgan fingerprint density at radius 1 is 0.913 bits per heavy atom. The standard InChI is InChI=1S/C17H19FN2O2S/c1-14-6-8-15(9-7-14)23(21,22)20-12-10-19(11-13-20)17-5-3-2-4-16(17)18/h2-9H,10-13H2,1H3. The van der Waals surface area contributed by atoms with E-state index in [0.717, 1.165) is 5.56 Å². The van der Waals surface area contributed by atoms with Crippen molar-refractivity contribution in [1.29, 1.82) is 0 Å². The van der Waals surface area contributed by atoms with Crippen molar-refractivity contribution >= 4 is 15.7 Å². The van der Waals surface area contributed by atoms with Gasteiger partial charge in [0.05, 0.1) is 10.6 Å². The first-order valence-electron chi connectivity index (χ1n) is 7.55. The molecule has 6 heteroatoms. The average Bonchev–Trinajstić information content (AvgIpc) is 2.56. The highest BCUT2D eigenvalue weighted by Gasteiger charge is 2.29. The summed E-state index contributed by atoms with van der Waals surface area (Å²) < 4.78 is 40.6. The molecule has 0 radical (unpaired) electrons. The Bertz CT molecular complexity index is 782. The van der Waals surface area contributed by atoms with Crippen LogP contribution in [-0.2, 0) is 10.0 Å². The molecule has 0 aliphatic carbocycles. The van der Waals surface area contributed by atoms with Gasteiger partial charge in [-0.2, -0.15) is 4.31 Å². The average molecular weight is 334 g/mol. The van der Waals surface area contributed by atoms with Gasteiger partial charge in [-0.05, 0) is 31.2 Å². The smallest absolute Gasteiger partial charge is 0.243 e. The van der Waals surface area contributed by atoms with Crippen LogP contribution in [0.15, 0.2) is 53.4 Å². The van der Waals surface area contributed by atoms with Crippen LogP contribution in [0.3, 0.4) is 0 Å². The molecule has 1 saturated heterocycles. The van der Waals surface area contributed by atoms with Gasteiger partial charge in [0, 0.05) is 26.2 Å². The molecule has 3 rings (SSSR count). The first-order valence-corrected chi connectivity index (χ1v) is 8.99. The van der Waals surface area contributed by atoms with Crippen molar-refractivity contribution in [3.63, 3.8) is 0 Å². The van der Waals surface area contributed by atoms with Crippen molar-refractivity contribution in [2.24, 2.45) is 0 Å². The van der Waals surface area contributed by atoms with Crippen LogP contribution in [0.25, 0.3) is 0 Å². The molecule has 1 heterocycles. The zero-order valence-electron chi connectivity index (χ0n) is 12.9. The second kappa shape index (κ2) is 6.29. The molecule has 0 atom stereocenters. The van der Waals surface area contributed by atoms with Gasteiger partial charge in [0.1, 0.15) is 5.82 Å². The lowest BCUT2D eigenvalue weighted by Gasteiger charge is -2.35. The summed E-state index contributed by atoms with van der Waals surface area (Å²) >= 11 is 0. The maximum absolute atomic E-state index is 13.8. The second-order valence-corrected chi connectivity index (χ2v) is 7.59. The number of aryl methyl sites for hydroxylation is 1. The maximum atomic E-state index is 13.8. The summed E-state index contributed by atoms with van der Waals surface area (Å²) in [6.45, 7) is 3.58. The first-order chi connectivity index (χ1) is 11.0. The lowest BCUT2D eigenvalue weighted by molar-refractivity contribution is 0.383. The van der Waals surface area contributed by atoms with Crippen molar-refractivity contribution in [3.05, 3.63) is 59.9 Å². The number of halogens is 1. The molecule has 0 amide bonds. The molecule has 2 aromatic rings. The summed E-state index contributed by atoms with van der Waals surface area (Å²) in [5, 5.41) is 0. The van der Waals surface area contributed by atoms with Gasteiger partial charge in [-0.3, -0.25) is 0 Å². The van der Waals surface area contributed by atoms with Crippen LogP contribution in [0, 0.1) is 12.7 Å². The van der Waals surface area contributed by atoms with Gasteiger partial charge in [-0.1, -0.05) is 29.8 Å². The van der Waals surface area contributed by atoms with E-state index in [-0.39, 0.29) is 5.82 Å². The summed E-state index contributed by atoms with van der Waals surface area (Å²) in [4.78, 5) is 2.19. The third kappa shape index (κ3) is 3.23. The number of sulfonamides is 1. The van der Waals surface area contributed by atoms with Crippen LogP contribution in [0.5, 0.6) is 0 Å². The minimum Gasteiger partial charge on any atom is -0.367 e. The fraction of sp³-hybridized carbons (Fsp3) is 0.294. The number of piperazine rings is 1. The molecule has 0 bridgehead atoms. The summed E-state index contributed by atoms with van der Waals surface area (Å²) in [6, 6.07) is 13.4. The van der Waals surface area contributed by atoms with Gasteiger partial charge in [0.25, 0.3) is 0 Å². The Hall–Kier alpha value is -1.92. The molecule has 2 aromatic carbocycles. The Labute approximate surface area is 136 Å². The van der Waals surface area contributed by atoms with Gasteiger partial charge < -0.3 is 4.90 Å². The Kier molecular flexibility index (Phi) is 4.37. The van der Waals surface area contributed by atoms with Gasteiger partial charge in [0.2, 0.25) is 10.0 Å². The zero-order chi connectivity index (χ0) is 16.4. The number of hydrogen-bond donors (Lipinski definition) is 0. The number of nitrogens with zero attached hydrogens (tertiary/aromatic N) is 2. The highest BCUT2D eigenvalue weighted by Crippen LogP contribution is 2.23. The number of hydrogen-bond acceptors (Lipinski definition) is 3. The lowest BCUT2D eigenvalue weighted by Crippen LogP contribution is -2.48. The minimum atomic E-state index is -3.48. The Balaban J connectivity index is 1.74. The topological polar surface area (TPSA) is 40.6 Å². The predicted octanol–water partition coefficient (Wildman–Crippen LogP) is 2.65. The summed E-state index contributed by atoms with van der Waals surface area (Å²) in [7, 11) is -3.48. The molecule has 122 valence electrons. The van der Waals surface area contributed by atoms with E-state index in [1.54, 1.807) is 42.5 Å². The van der Waals surface area contributed by atoms with E-state index < -0.39 is 10.0 Å². The monoisotopic (exact) mass is 334 g/mol. The molecule has 1 aliphatic heterocycles. The van der Waals surface area contributed by atoms with E-state index in [2.05, 4.69) is 0 Å². The molecular weight excluding hydrogens is 315 g/mol. The van der Waals surface area contributed by atoms with Crippen LogP contribution in [0.2, 0.25) is 0 Å². The summed E-state index contributed by atoms with van der Waals surface area (Å²) in [5.74, 6) is -0.276. The van der Waals surface area contributed by atoms with Crippen LogP contribution in [0.1, 0.15) is 5.56 Å². The number of para-hydroxylation sites is 1. The van der Waals surface area contributed by atoms with Crippen molar-refractivity contribution in [1.82, 2.24) is 4.31 Å². The first kappa shape index (κ1) is 16.0. The highest BCUT2D eigenvalue weighted by atomic mass is 32.2. The van der Waals surface area contributed by atoms with E-state index in [4.69, 9.17) is 0 Å². The van der Waals surface area contributed by atoms with Gasteiger partial charge in [0.15, 0.2) is 0 Å². The van der Waals surface area contributed by atoms with Crippen LogP contribution in [-0.4, -0.2) is 38.9 Å². The second-order valence-electron chi connectivity index (χ2n) is 5.66. The summed E-state index contributed by atoms with van der Waals surface area (Å²) in [6.07, 6.45) is 0.